The Balaban J connectivity index is 1.90. The fourth-order valence-electron chi connectivity index (χ4n) is 2.85. The minimum Gasteiger partial charge on any atom is -0.478 e. The van der Waals surface area contributed by atoms with E-state index in [-0.39, 0.29) is 16.1 Å². The van der Waals surface area contributed by atoms with Crippen molar-refractivity contribution >= 4 is 52.9 Å². The van der Waals surface area contributed by atoms with Gasteiger partial charge >= 0.3 is 5.97 Å². The molecule has 1 N–H and O–H groups in total. The van der Waals surface area contributed by atoms with Gasteiger partial charge in [0.2, 0.25) is 0 Å². The summed E-state index contributed by atoms with van der Waals surface area (Å²) in [4.78, 5) is 23.6. The number of aromatic carboxylic acids is 1. The van der Waals surface area contributed by atoms with Gasteiger partial charge in [0.25, 0.3) is 5.56 Å². The predicted molar refractivity (Wildman–Crippen MR) is 118 cm³/mol. The van der Waals surface area contributed by atoms with Gasteiger partial charge < -0.3 is 9.67 Å². The summed E-state index contributed by atoms with van der Waals surface area (Å²) in [6.07, 6.45) is 4.08. The highest BCUT2D eigenvalue weighted by atomic mass is 35.5. The number of hydrogen-bond donors (Lipinski definition) is 1. The van der Waals surface area contributed by atoms with Gasteiger partial charge in [-0.1, -0.05) is 65.1 Å². The van der Waals surface area contributed by atoms with Crippen LogP contribution in [0.3, 0.4) is 0 Å². The summed E-state index contributed by atoms with van der Waals surface area (Å²) >= 11 is 18.4. The van der Waals surface area contributed by atoms with Crippen LogP contribution >= 0.6 is 34.8 Å². The molecule has 2 aromatic carbocycles. The van der Waals surface area contributed by atoms with Crippen LogP contribution < -0.4 is 5.56 Å². The van der Waals surface area contributed by atoms with E-state index in [1.807, 2.05) is 18.2 Å². The molecule has 29 heavy (non-hydrogen) atoms. The molecule has 1 heterocycles. The van der Waals surface area contributed by atoms with Crippen LogP contribution in [0.1, 0.15) is 27.2 Å². The van der Waals surface area contributed by atoms with Gasteiger partial charge in [-0.2, -0.15) is 0 Å². The van der Waals surface area contributed by atoms with E-state index in [1.165, 1.54) is 22.8 Å². The van der Waals surface area contributed by atoms with Crippen LogP contribution in [0, 0.1) is 0 Å². The second kappa shape index (κ2) is 9.31. The van der Waals surface area contributed by atoms with E-state index >= 15 is 0 Å². The quantitative estimate of drug-likeness (QED) is 0.509. The first kappa shape index (κ1) is 21.2. The summed E-state index contributed by atoms with van der Waals surface area (Å²) in [5.41, 5.74) is 2.16. The summed E-state index contributed by atoms with van der Waals surface area (Å²) in [6, 6.07) is 15.2. The molecule has 7 heteroatoms. The molecule has 0 bridgehead atoms. The molecule has 0 saturated carbocycles. The lowest BCUT2D eigenvalue weighted by Crippen LogP contribution is -2.24. The molecule has 0 radical (unpaired) electrons. The Morgan fingerprint density at radius 2 is 1.69 bits per heavy atom. The van der Waals surface area contributed by atoms with Crippen molar-refractivity contribution in [1.29, 1.82) is 0 Å². The van der Waals surface area contributed by atoms with Crippen molar-refractivity contribution in [2.45, 2.75) is 13.0 Å². The third kappa shape index (κ3) is 5.30. The molecule has 0 aliphatic heterocycles. The Morgan fingerprint density at radius 3 is 2.34 bits per heavy atom. The molecule has 1 aromatic heterocycles. The summed E-state index contributed by atoms with van der Waals surface area (Å²) < 4.78 is 1.51. The van der Waals surface area contributed by atoms with E-state index in [4.69, 9.17) is 39.9 Å². The zero-order chi connectivity index (χ0) is 21.0. The van der Waals surface area contributed by atoms with Gasteiger partial charge in [0.05, 0.1) is 16.3 Å². The minimum atomic E-state index is -0.983. The Bertz CT molecular complexity index is 1140. The highest BCUT2D eigenvalue weighted by molar-refractivity contribution is 6.35. The van der Waals surface area contributed by atoms with E-state index in [9.17, 15) is 9.59 Å². The van der Waals surface area contributed by atoms with Crippen molar-refractivity contribution in [3.05, 3.63) is 102 Å². The fourth-order valence-corrected chi connectivity index (χ4v) is 3.59. The Labute approximate surface area is 182 Å². The van der Waals surface area contributed by atoms with Crippen LogP contribution in [0.5, 0.6) is 0 Å². The first-order chi connectivity index (χ1) is 13.8. The predicted octanol–water partition coefficient (Wildman–Crippen LogP) is 5.92. The van der Waals surface area contributed by atoms with Crippen molar-refractivity contribution in [1.82, 2.24) is 4.57 Å². The van der Waals surface area contributed by atoms with E-state index in [0.29, 0.717) is 28.7 Å². The number of benzene rings is 2. The van der Waals surface area contributed by atoms with E-state index in [1.54, 1.807) is 30.3 Å². The van der Waals surface area contributed by atoms with Gasteiger partial charge in [0.15, 0.2) is 0 Å². The van der Waals surface area contributed by atoms with E-state index in [2.05, 4.69) is 0 Å². The van der Waals surface area contributed by atoms with Gasteiger partial charge in [0.1, 0.15) is 5.02 Å². The molecular formula is C22H16Cl3NO3. The maximum absolute atomic E-state index is 12.6. The Morgan fingerprint density at radius 1 is 0.966 bits per heavy atom. The number of nitrogens with zero attached hydrogens (tertiary/aromatic N) is 1. The lowest BCUT2D eigenvalue weighted by Gasteiger charge is -2.13. The SMILES string of the molecule is O=C(O)c1ccc(CCn2c(/C=C/c3cccc(Cl)c3)c(Cl)cc(Cl)c2=O)cc1. The molecule has 0 amide bonds. The molecule has 4 nitrogen and oxygen atoms in total. The monoisotopic (exact) mass is 447 g/mol. The summed E-state index contributed by atoms with van der Waals surface area (Å²) in [6.45, 7) is 0.334. The zero-order valence-corrected chi connectivity index (χ0v) is 17.4. The lowest BCUT2D eigenvalue weighted by atomic mass is 10.1. The van der Waals surface area contributed by atoms with E-state index in [0.717, 1.165) is 11.1 Å². The molecule has 0 aliphatic rings. The number of halogens is 3. The number of hydrogen-bond acceptors (Lipinski definition) is 2. The summed E-state index contributed by atoms with van der Waals surface area (Å²) in [5, 5.41) is 10.00. The molecule has 0 saturated heterocycles. The third-order valence-electron chi connectivity index (χ3n) is 4.35. The van der Waals surface area contributed by atoms with Gasteiger partial charge in [-0.3, -0.25) is 4.79 Å². The van der Waals surface area contributed by atoms with Crippen LogP contribution in [-0.2, 0) is 13.0 Å². The van der Waals surface area contributed by atoms with Crippen molar-refractivity contribution in [2.75, 3.05) is 0 Å². The fraction of sp³-hybridized carbons (Fsp3) is 0.0909. The normalized spacial score (nSPS) is 11.1. The number of aromatic nitrogens is 1. The summed E-state index contributed by atoms with van der Waals surface area (Å²) in [7, 11) is 0. The Kier molecular flexibility index (Phi) is 6.80. The van der Waals surface area contributed by atoms with E-state index < -0.39 is 5.97 Å². The topological polar surface area (TPSA) is 59.3 Å². The molecule has 0 atom stereocenters. The molecular weight excluding hydrogens is 433 g/mol. The molecule has 3 rings (SSSR count). The first-order valence-electron chi connectivity index (χ1n) is 8.70. The molecule has 0 fully saturated rings. The number of carbonyl (C=O) groups is 1. The van der Waals surface area contributed by atoms with Crippen molar-refractivity contribution in [3.63, 3.8) is 0 Å². The minimum absolute atomic E-state index is 0.0381. The third-order valence-corrected chi connectivity index (χ3v) is 5.15. The van der Waals surface area contributed by atoms with Crippen LogP contribution in [0.25, 0.3) is 12.2 Å². The van der Waals surface area contributed by atoms with Crippen molar-refractivity contribution < 1.29 is 9.90 Å². The average Bonchev–Trinajstić information content (AvgIpc) is 2.69. The maximum Gasteiger partial charge on any atom is 0.335 e. The van der Waals surface area contributed by atoms with Crippen molar-refractivity contribution in [2.24, 2.45) is 0 Å². The highest BCUT2D eigenvalue weighted by Crippen LogP contribution is 2.22. The van der Waals surface area contributed by atoms with Gasteiger partial charge in [0, 0.05) is 11.6 Å². The van der Waals surface area contributed by atoms with Gasteiger partial charge in [-0.15, -0.1) is 0 Å². The largest absolute Gasteiger partial charge is 0.478 e. The number of rotatable bonds is 6. The molecule has 148 valence electrons. The van der Waals surface area contributed by atoms with Gasteiger partial charge in [-0.25, -0.2) is 4.79 Å². The lowest BCUT2D eigenvalue weighted by molar-refractivity contribution is 0.0697. The maximum atomic E-state index is 12.6. The van der Waals surface area contributed by atoms with Crippen molar-refractivity contribution in [3.8, 4) is 0 Å². The smallest absolute Gasteiger partial charge is 0.335 e. The van der Waals surface area contributed by atoms with Crippen LogP contribution in [0.15, 0.2) is 59.4 Å². The highest BCUT2D eigenvalue weighted by Gasteiger charge is 2.11. The molecule has 0 aliphatic carbocycles. The zero-order valence-electron chi connectivity index (χ0n) is 15.1. The summed E-state index contributed by atoms with van der Waals surface area (Å²) in [5.74, 6) is -0.983. The number of aryl methyl sites for hydroxylation is 1. The van der Waals surface area contributed by atoms with Crippen LogP contribution in [0.2, 0.25) is 15.1 Å². The number of carboxylic acids is 1. The standard InChI is InChI=1S/C22H16Cl3NO3/c23-17-3-1-2-15(12-17)6-9-20-18(24)13-19(25)21(27)26(20)11-10-14-4-7-16(8-5-14)22(28)29/h1-9,12-13H,10-11H2,(H,28,29)/b9-6+. The van der Waals surface area contributed by atoms with Gasteiger partial charge in [-0.05, 0) is 54.0 Å². The first-order valence-corrected chi connectivity index (χ1v) is 9.83. The molecule has 3 aromatic rings. The average molecular weight is 449 g/mol. The van der Waals surface area contributed by atoms with Crippen LogP contribution in [-0.4, -0.2) is 15.6 Å². The second-order valence-corrected chi connectivity index (χ2v) is 7.57. The van der Waals surface area contributed by atoms with Crippen LogP contribution in [0.4, 0.5) is 0 Å². The molecule has 0 spiro atoms. The molecule has 0 unspecified atom stereocenters. The second-order valence-electron chi connectivity index (χ2n) is 6.32. The number of carboxylic acid groups (broad SMARTS) is 1. The number of pyridine rings is 1. The Hall–Kier alpha value is -2.53.